The Labute approximate surface area is 188 Å². The van der Waals surface area contributed by atoms with Crippen LogP contribution >= 0.6 is 24.0 Å². The van der Waals surface area contributed by atoms with Crippen LogP contribution in [0, 0.1) is 11.6 Å². The number of halogens is 3. The molecular formula is C21H29F2IN4O. The topological polar surface area (TPSA) is 48.9 Å². The number of nitrogens with one attached hydrogen (secondary N) is 2. The molecule has 0 saturated carbocycles. The van der Waals surface area contributed by atoms with Crippen molar-refractivity contribution in [2.45, 2.75) is 19.5 Å². The SMILES string of the molecule is CN=C(NCc1ccc(OCCCN(C)C)cc1)NCc1cc(F)ccc1F.I. The summed E-state index contributed by atoms with van der Waals surface area (Å²) < 4.78 is 32.6. The lowest BCUT2D eigenvalue weighted by molar-refractivity contribution is 0.281. The molecule has 0 radical (unpaired) electrons. The van der Waals surface area contributed by atoms with Crippen molar-refractivity contribution in [2.24, 2.45) is 4.99 Å². The van der Waals surface area contributed by atoms with Gasteiger partial charge in [0.25, 0.3) is 0 Å². The molecule has 0 fully saturated rings. The third-order valence-corrected chi connectivity index (χ3v) is 4.08. The summed E-state index contributed by atoms with van der Waals surface area (Å²) in [5, 5.41) is 6.13. The van der Waals surface area contributed by atoms with Gasteiger partial charge in [0.1, 0.15) is 17.4 Å². The standard InChI is InChI=1S/C21H28F2N4O.HI/c1-24-21(26-15-17-13-18(22)7-10-20(17)23)25-14-16-5-8-19(9-6-16)28-12-4-11-27(2)3;/h5-10,13H,4,11-12,14-15H2,1-3H3,(H2,24,25,26);1H. The van der Waals surface area contributed by atoms with Gasteiger partial charge in [-0.15, -0.1) is 24.0 Å². The Morgan fingerprint density at radius 3 is 2.38 bits per heavy atom. The van der Waals surface area contributed by atoms with Crippen molar-refractivity contribution in [3.63, 3.8) is 0 Å². The van der Waals surface area contributed by atoms with E-state index in [1.807, 2.05) is 38.4 Å². The Morgan fingerprint density at radius 2 is 1.72 bits per heavy atom. The molecular weight excluding hydrogens is 489 g/mol. The van der Waals surface area contributed by atoms with E-state index in [4.69, 9.17) is 4.74 Å². The Kier molecular flexibility index (Phi) is 11.5. The fraction of sp³-hybridized carbons (Fsp3) is 0.381. The summed E-state index contributed by atoms with van der Waals surface area (Å²) >= 11 is 0. The van der Waals surface area contributed by atoms with Crippen molar-refractivity contribution in [1.29, 1.82) is 0 Å². The van der Waals surface area contributed by atoms with Crippen molar-refractivity contribution in [3.8, 4) is 5.75 Å². The molecule has 2 N–H and O–H groups in total. The first-order valence-electron chi connectivity index (χ1n) is 9.23. The van der Waals surface area contributed by atoms with Crippen LogP contribution in [0.5, 0.6) is 5.75 Å². The van der Waals surface area contributed by atoms with Gasteiger partial charge >= 0.3 is 0 Å². The van der Waals surface area contributed by atoms with Gasteiger partial charge in [0, 0.05) is 32.2 Å². The molecule has 0 aliphatic carbocycles. The van der Waals surface area contributed by atoms with Crippen LogP contribution in [0.2, 0.25) is 0 Å². The third kappa shape index (κ3) is 9.40. The zero-order valence-corrected chi connectivity index (χ0v) is 19.4. The summed E-state index contributed by atoms with van der Waals surface area (Å²) in [5.41, 5.74) is 1.30. The van der Waals surface area contributed by atoms with Gasteiger partial charge in [0.05, 0.1) is 6.61 Å². The molecule has 2 rings (SSSR count). The fourth-order valence-electron chi connectivity index (χ4n) is 2.54. The Balaban J connectivity index is 0.00000420. The first kappa shape index (κ1) is 25.1. The second-order valence-corrected chi connectivity index (χ2v) is 6.66. The van der Waals surface area contributed by atoms with Gasteiger partial charge in [-0.25, -0.2) is 8.78 Å². The molecule has 0 unspecified atom stereocenters. The predicted octanol–water partition coefficient (Wildman–Crippen LogP) is 3.78. The van der Waals surface area contributed by atoms with Crippen LogP contribution in [-0.2, 0) is 13.1 Å². The molecule has 5 nitrogen and oxygen atoms in total. The van der Waals surface area contributed by atoms with Gasteiger partial charge in [0.2, 0.25) is 0 Å². The van der Waals surface area contributed by atoms with E-state index in [0.29, 0.717) is 19.1 Å². The second kappa shape index (κ2) is 13.3. The van der Waals surface area contributed by atoms with E-state index in [1.54, 1.807) is 7.05 Å². The van der Waals surface area contributed by atoms with Crippen LogP contribution in [-0.4, -0.2) is 45.2 Å². The van der Waals surface area contributed by atoms with Gasteiger partial charge < -0.3 is 20.3 Å². The van der Waals surface area contributed by atoms with Crippen LogP contribution in [0.25, 0.3) is 0 Å². The maximum absolute atomic E-state index is 13.7. The molecule has 0 aromatic heterocycles. The van der Waals surface area contributed by atoms with Crippen LogP contribution < -0.4 is 15.4 Å². The number of hydrogen-bond acceptors (Lipinski definition) is 3. The molecule has 0 saturated heterocycles. The van der Waals surface area contributed by atoms with E-state index < -0.39 is 11.6 Å². The van der Waals surface area contributed by atoms with Crippen LogP contribution in [0.3, 0.4) is 0 Å². The number of aliphatic imine (C=N–C) groups is 1. The molecule has 0 aliphatic rings. The van der Waals surface area contributed by atoms with E-state index in [9.17, 15) is 8.78 Å². The quantitative estimate of drug-likeness (QED) is 0.230. The molecule has 160 valence electrons. The lowest BCUT2D eigenvalue weighted by Crippen LogP contribution is -2.36. The third-order valence-electron chi connectivity index (χ3n) is 4.08. The van der Waals surface area contributed by atoms with E-state index in [-0.39, 0.29) is 36.1 Å². The van der Waals surface area contributed by atoms with E-state index in [1.165, 1.54) is 6.07 Å². The summed E-state index contributed by atoms with van der Waals surface area (Å²) in [6, 6.07) is 11.2. The van der Waals surface area contributed by atoms with E-state index >= 15 is 0 Å². The highest BCUT2D eigenvalue weighted by molar-refractivity contribution is 14.0. The number of rotatable bonds is 9. The van der Waals surface area contributed by atoms with Crippen LogP contribution in [0.15, 0.2) is 47.5 Å². The molecule has 0 bridgehead atoms. The zero-order chi connectivity index (χ0) is 20.4. The largest absolute Gasteiger partial charge is 0.494 e. The first-order valence-corrected chi connectivity index (χ1v) is 9.23. The van der Waals surface area contributed by atoms with Crippen molar-refractivity contribution in [3.05, 3.63) is 65.2 Å². The average molecular weight is 518 g/mol. The maximum atomic E-state index is 13.7. The molecule has 0 amide bonds. The number of benzene rings is 2. The fourth-order valence-corrected chi connectivity index (χ4v) is 2.54. The summed E-state index contributed by atoms with van der Waals surface area (Å²) in [6.07, 6.45) is 0.976. The zero-order valence-electron chi connectivity index (χ0n) is 17.0. The summed E-state index contributed by atoms with van der Waals surface area (Å²) in [7, 11) is 5.71. The summed E-state index contributed by atoms with van der Waals surface area (Å²) in [5.74, 6) is 0.426. The van der Waals surface area contributed by atoms with Crippen molar-refractivity contribution in [2.75, 3.05) is 34.3 Å². The highest BCUT2D eigenvalue weighted by atomic mass is 127. The number of ether oxygens (including phenoxy) is 1. The summed E-state index contributed by atoms with van der Waals surface area (Å²) in [4.78, 5) is 6.23. The van der Waals surface area contributed by atoms with Gasteiger partial charge in [-0.2, -0.15) is 0 Å². The van der Waals surface area contributed by atoms with Crippen molar-refractivity contribution < 1.29 is 13.5 Å². The van der Waals surface area contributed by atoms with E-state index in [0.717, 1.165) is 36.4 Å². The van der Waals surface area contributed by atoms with Crippen LogP contribution in [0.1, 0.15) is 17.5 Å². The predicted molar refractivity (Wildman–Crippen MR) is 124 cm³/mol. The van der Waals surface area contributed by atoms with Gasteiger partial charge in [-0.3, -0.25) is 4.99 Å². The number of hydrogen-bond donors (Lipinski definition) is 2. The molecule has 0 heterocycles. The highest BCUT2D eigenvalue weighted by Crippen LogP contribution is 2.12. The normalized spacial score (nSPS) is 11.2. The average Bonchev–Trinajstić information content (AvgIpc) is 2.68. The van der Waals surface area contributed by atoms with Gasteiger partial charge in [-0.1, -0.05) is 12.1 Å². The number of guanidine groups is 1. The highest BCUT2D eigenvalue weighted by Gasteiger charge is 2.05. The molecule has 29 heavy (non-hydrogen) atoms. The van der Waals surface area contributed by atoms with E-state index in [2.05, 4.69) is 20.5 Å². The first-order chi connectivity index (χ1) is 13.5. The Bertz CT molecular complexity index is 770. The minimum atomic E-state index is -0.467. The van der Waals surface area contributed by atoms with Crippen molar-refractivity contribution >= 4 is 29.9 Å². The molecule has 0 atom stereocenters. The molecule has 2 aromatic rings. The molecule has 2 aromatic carbocycles. The molecule has 8 heteroatoms. The minimum Gasteiger partial charge on any atom is -0.494 e. The monoisotopic (exact) mass is 518 g/mol. The van der Waals surface area contributed by atoms with Crippen molar-refractivity contribution in [1.82, 2.24) is 15.5 Å². The Hall–Kier alpha value is -1.94. The minimum absolute atomic E-state index is 0. The summed E-state index contributed by atoms with van der Waals surface area (Å²) in [6.45, 7) is 2.37. The Morgan fingerprint density at radius 1 is 1.03 bits per heavy atom. The van der Waals surface area contributed by atoms with Gasteiger partial charge in [0.15, 0.2) is 5.96 Å². The maximum Gasteiger partial charge on any atom is 0.191 e. The smallest absolute Gasteiger partial charge is 0.191 e. The lowest BCUT2D eigenvalue weighted by atomic mass is 10.2. The van der Waals surface area contributed by atoms with Gasteiger partial charge in [-0.05, 0) is 56.4 Å². The number of nitrogens with zero attached hydrogens (tertiary/aromatic N) is 2. The second-order valence-electron chi connectivity index (χ2n) is 6.66. The molecule has 0 aliphatic heterocycles. The van der Waals surface area contributed by atoms with Crippen LogP contribution in [0.4, 0.5) is 8.78 Å². The molecule has 0 spiro atoms. The lowest BCUT2D eigenvalue weighted by Gasteiger charge is -2.13.